The first-order valence-corrected chi connectivity index (χ1v) is 6.89. The Morgan fingerprint density at radius 3 is 2.40 bits per heavy atom. The Bertz CT molecular complexity index is 599. The molecule has 0 aliphatic rings. The predicted molar refractivity (Wildman–Crippen MR) is 79.3 cm³/mol. The maximum atomic E-state index is 4.39. The highest BCUT2D eigenvalue weighted by Gasteiger charge is 2.05. The van der Waals surface area contributed by atoms with Crippen LogP contribution >= 0.6 is 46.6 Å². The Balaban J connectivity index is 2.55. The van der Waals surface area contributed by atoms with E-state index >= 15 is 0 Å². The minimum atomic E-state index is 1.03. The van der Waals surface area contributed by atoms with E-state index in [1.807, 2.05) is 17.4 Å². The van der Waals surface area contributed by atoms with Crippen LogP contribution in [0.15, 0.2) is 41.3 Å². The molecule has 0 nitrogen and oxygen atoms in total. The summed E-state index contributed by atoms with van der Waals surface area (Å²) < 4.78 is 3.97. The molecule has 0 unspecified atom stereocenters. The zero-order valence-electron chi connectivity index (χ0n) is 7.70. The largest absolute Gasteiger partial charge is 0.143 e. The fraction of sp³-hybridized carbons (Fsp3) is 0. The van der Waals surface area contributed by atoms with Crippen LogP contribution < -0.4 is 0 Å². The molecule has 0 saturated heterocycles. The molecule has 0 radical (unpaired) electrons. The Labute approximate surface area is 111 Å². The van der Waals surface area contributed by atoms with Crippen LogP contribution in [-0.2, 0) is 0 Å². The molecule has 0 amide bonds. The minimum absolute atomic E-state index is 1.03. The van der Waals surface area contributed by atoms with Crippen molar-refractivity contribution in [2.24, 2.45) is 0 Å². The van der Waals surface area contributed by atoms with Gasteiger partial charge in [0.2, 0.25) is 0 Å². The van der Waals surface area contributed by atoms with Gasteiger partial charge in [0.15, 0.2) is 0 Å². The Kier molecular flexibility index (Phi) is 2.41. The number of benzene rings is 2. The number of fused-ring (bicyclic) bond motifs is 3. The summed E-state index contributed by atoms with van der Waals surface area (Å²) in [6, 6.07) is 12.9. The van der Waals surface area contributed by atoms with Crippen LogP contribution in [0, 0.1) is 3.57 Å². The topological polar surface area (TPSA) is 0 Å². The lowest BCUT2D eigenvalue weighted by Gasteiger charge is -1.94. The molecule has 15 heavy (non-hydrogen) atoms. The predicted octanol–water partition coefficient (Wildman–Crippen LogP) is 4.95. The molecule has 0 aliphatic carbocycles. The first kappa shape index (κ1) is 9.93. The summed E-state index contributed by atoms with van der Waals surface area (Å²) in [5.41, 5.74) is 0. The normalized spacial score (nSPS) is 11.3. The van der Waals surface area contributed by atoms with Crippen LogP contribution in [0.2, 0.25) is 0 Å². The Morgan fingerprint density at radius 2 is 1.60 bits per heavy atom. The third-order valence-electron chi connectivity index (χ3n) is 2.41. The third kappa shape index (κ3) is 1.66. The van der Waals surface area contributed by atoms with Crippen molar-refractivity contribution in [3.63, 3.8) is 0 Å². The lowest BCUT2D eigenvalue weighted by molar-refractivity contribution is 1.54. The third-order valence-corrected chi connectivity index (χ3v) is 4.52. The Morgan fingerprint density at radius 1 is 0.933 bits per heavy atom. The summed E-state index contributed by atoms with van der Waals surface area (Å²) in [5, 5.41) is 2.67. The fourth-order valence-electron chi connectivity index (χ4n) is 1.74. The van der Waals surface area contributed by atoms with Gasteiger partial charge in [-0.3, -0.25) is 0 Å². The average Bonchev–Trinajstić information content (AvgIpc) is 2.56. The second-order valence-electron chi connectivity index (χ2n) is 3.42. The summed E-state index contributed by atoms with van der Waals surface area (Å²) in [4.78, 5) is 1.03. The molecule has 1 aromatic heterocycles. The molecule has 3 aromatic rings. The van der Waals surface area contributed by atoms with Gasteiger partial charge in [-0.25, -0.2) is 0 Å². The summed E-state index contributed by atoms with van der Waals surface area (Å²) in [7, 11) is 0. The molecule has 2 aromatic carbocycles. The van der Waals surface area contributed by atoms with Crippen LogP contribution in [-0.4, -0.2) is 0 Å². The van der Waals surface area contributed by atoms with Crippen molar-refractivity contribution in [1.82, 2.24) is 0 Å². The van der Waals surface area contributed by atoms with E-state index in [1.54, 1.807) is 0 Å². The maximum Gasteiger partial charge on any atom is 0.0356 e. The molecule has 3 rings (SSSR count). The molecule has 0 saturated carbocycles. The summed E-state index contributed by atoms with van der Waals surface area (Å²) >= 11 is 8.58. The van der Waals surface area contributed by atoms with Gasteiger partial charge in [0, 0.05) is 28.6 Å². The summed E-state index contributed by atoms with van der Waals surface area (Å²) in [6.07, 6.45) is 0. The summed E-state index contributed by atoms with van der Waals surface area (Å²) in [5.74, 6) is 0. The van der Waals surface area contributed by atoms with Crippen LogP contribution in [0.4, 0.5) is 0 Å². The van der Waals surface area contributed by atoms with E-state index < -0.39 is 0 Å². The van der Waals surface area contributed by atoms with E-state index in [0.717, 1.165) is 4.90 Å². The van der Waals surface area contributed by atoms with Crippen molar-refractivity contribution in [3.05, 3.63) is 40.0 Å². The van der Waals surface area contributed by atoms with E-state index in [4.69, 9.17) is 0 Å². The van der Waals surface area contributed by atoms with Crippen LogP contribution in [0.3, 0.4) is 0 Å². The van der Waals surface area contributed by atoms with E-state index in [9.17, 15) is 0 Å². The standard InChI is InChI=1S/C12H7IS2/c13-7-1-3-11-9(5-7)10-6-8(14)2-4-12(10)15-11/h1-6,14H. The number of hydrogen-bond acceptors (Lipinski definition) is 2. The molecule has 0 bridgehead atoms. The molecule has 1 heterocycles. The molecular formula is C12H7IS2. The van der Waals surface area contributed by atoms with Crippen molar-refractivity contribution in [1.29, 1.82) is 0 Å². The molecule has 0 fully saturated rings. The first-order valence-electron chi connectivity index (χ1n) is 4.55. The second kappa shape index (κ2) is 3.64. The Hall–Kier alpha value is -0.260. The van der Waals surface area contributed by atoms with Crippen molar-refractivity contribution >= 4 is 66.7 Å². The van der Waals surface area contributed by atoms with Gasteiger partial charge >= 0.3 is 0 Å². The lowest BCUT2D eigenvalue weighted by atomic mass is 10.1. The van der Waals surface area contributed by atoms with E-state index in [1.165, 1.54) is 23.7 Å². The maximum absolute atomic E-state index is 4.39. The summed E-state index contributed by atoms with van der Waals surface area (Å²) in [6.45, 7) is 0. The molecule has 74 valence electrons. The molecule has 0 aliphatic heterocycles. The fourth-order valence-corrected chi connectivity index (χ4v) is 3.50. The van der Waals surface area contributed by atoms with E-state index in [-0.39, 0.29) is 0 Å². The van der Waals surface area contributed by atoms with Gasteiger partial charge in [-0.15, -0.1) is 24.0 Å². The quantitative estimate of drug-likeness (QED) is 0.434. The number of thiophene rings is 1. The monoisotopic (exact) mass is 342 g/mol. The zero-order chi connectivity index (χ0) is 10.4. The van der Waals surface area contributed by atoms with Crippen molar-refractivity contribution in [2.45, 2.75) is 4.90 Å². The highest BCUT2D eigenvalue weighted by molar-refractivity contribution is 14.1. The van der Waals surface area contributed by atoms with Gasteiger partial charge < -0.3 is 0 Å². The minimum Gasteiger partial charge on any atom is -0.143 e. The van der Waals surface area contributed by atoms with Gasteiger partial charge in [-0.2, -0.15) is 0 Å². The SMILES string of the molecule is Sc1ccc2sc3ccc(I)cc3c2c1. The van der Waals surface area contributed by atoms with Crippen molar-refractivity contribution in [2.75, 3.05) is 0 Å². The van der Waals surface area contributed by atoms with E-state index in [2.05, 4.69) is 65.6 Å². The van der Waals surface area contributed by atoms with Crippen LogP contribution in [0.5, 0.6) is 0 Å². The number of rotatable bonds is 0. The highest BCUT2D eigenvalue weighted by Crippen LogP contribution is 2.35. The van der Waals surface area contributed by atoms with Crippen LogP contribution in [0.25, 0.3) is 20.2 Å². The molecule has 0 atom stereocenters. The number of halogens is 1. The molecule has 0 N–H and O–H groups in total. The van der Waals surface area contributed by atoms with Crippen molar-refractivity contribution < 1.29 is 0 Å². The van der Waals surface area contributed by atoms with Gasteiger partial charge in [0.25, 0.3) is 0 Å². The second-order valence-corrected chi connectivity index (χ2v) is 6.27. The first-order chi connectivity index (χ1) is 7.24. The molecular weight excluding hydrogens is 335 g/mol. The van der Waals surface area contributed by atoms with Gasteiger partial charge in [0.05, 0.1) is 0 Å². The number of thiol groups is 1. The van der Waals surface area contributed by atoms with Gasteiger partial charge in [0.1, 0.15) is 0 Å². The van der Waals surface area contributed by atoms with Crippen LogP contribution in [0.1, 0.15) is 0 Å². The van der Waals surface area contributed by atoms with E-state index in [0.29, 0.717) is 0 Å². The molecule has 0 spiro atoms. The highest BCUT2D eigenvalue weighted by atomic mass is 127. The molecule has 3 heteroatoms. The zero-order valence-corrected chi connectivity index (χ0v) is 11.6. The van der Waals surface area contributed by atoms with Gasteiger partial charge in [-0.05, 0) is 59.0 Å². The smallest absolute Gasteiger partial charge is 0.0356 e. The van der Waals surface area contributed by atoms with Gasteiger partial charge in [-0.1, -0.05) is 0 Å². The van der Waals surface area contributed by atoms with Crippen molar-refractivity contribution in [3.8, 4) is 0 Å². The average molecular weight is 342 g/mol. The lowest BCUT2D eigenvalue weighted by Crippen LogP contribution is -1.70. The number of hydrogen-bond donors (Lipinski definition) is 1.